The Balaban J connectivity index is 2.37. The van der Waals surface area contributed by atoms with Crippen LogP contribution in [0.1, 0.15) is 28.2 Å². The van der Waals surface area contributed by atoms with E-state index < -0.39 is 0 Å². The molecule has 4 nitrogen and oxygen atoms in total. The van der Waals surface area contributed by atoms with Crippen LogP contribution in [0.5, 0.6) is 0 Å². The van der Waals surface area contributed by atoms with Gasteiger partial charge < -0.3 is 9.47 Å². The molecule has 0 bridgehead atoms. The van der Waals surface area contributed by atoms with Crippen molar-refractivity contribution < 1.29 is 4.79 Å². The first kappa shape index (κ1) is 16.1. The summed E-state index contributed by atoms with van der Waals surface area (Å²) >= 11 is 5.93. The van der Waals surface area contributed by atoms with Crippen molar-refractivity contribution in [3.05, 3.63) is 52.3 Å². The molecule has 0 saturated heterocycles. The van der Waals surface area contributed by atoms with E-state index in [4.69, 9.17) is 16.9 Å². The molecule has 0 saturated carbocycles. The molecule has 0 radical (unpaired) electrons. The van der Waals surface area contributed by atoms with Crippen LogP contribution in [0.15, 0.2) is 30.3 Å². The van der Waals surface area contributed by atoms with Gasteiger partial charge in [-0.15, -0.1) is 0 Å². The predicted octanol–water partition coefficient (Wildman–Crippen LogP) is 3.73. The number of nitriles is 1. The summed E-state index contributed by atoms with van der Waals surface area (Å²) in [5, 5.41) is 9.32. The fourth-order valence-corrected chi connectivity index (χ4v) is 2.62. The number of rotatable bonds is 4. The molecule has 0 fully saturated rings. The molecule has 0 spiro atoms. The second kappa shape index (κ2) is 6.67. The number of aromatic nitrogens is 1. The number of benzene rings is 1. The van der Waals surface area contributed by atoms with E-state index in [1.807, 2.05) is 48.7 Å². The summed E-state index contributed by atoms with van der Waals surface area (Å²) in [7, 11) is 1.72. The smallest absolute Gasteiger partial charge is 0.255 e. The second-order valence-corrected chi connectivity index (χ2v) is 5.67. The molecule has 114 valence electrons. The quantitative estimate of drug-likeness (QED) is 0.863. The number of aryl methyl sites for hydroxylation is 1. The highest BCUT2D eigenvalue weighted by Crippen LogP contribution is 2.23. The van der Waals surface area contributed by atoms with Gasteiger partial charge in [0.2, 0.25) is 0 Å². The van der Waals surface area contributed by atoms with Crippen molar-refractivity contribution in [3.63, 3.8) is 0 Å². The highest BCUT2D eigenvalue weighted by atomic mass is 35.5. The van der Waals surface area contributed by atoms with Gasteiger partial charge >= 0.3 is 0 Å². The van der Waals surface area contributed by atoms with Crippen LogP contribution in [-0.4, -0.2) is 29.0 Å². The Hall–Kier alpha value is -2.25. The fourth-order valence-electron chi connectivity index (χ4n) is 2.49. The maximum atomic E-state index is 12.5. The standard InChI is InChI=1S/C17H18ClN3O/c1-12-11-16(17(22)20(3)10-4-9-19)13(2)21(12)15-7-5-14(18)6-8-15/h5-8,11H,4,10H2,1-3H3. The predicted molar refractivity (Wildman–Crippen MR) is 87.4 cm³/mol. The Morgan fingerprint density at radius 3 is 2.55 bits per heavy atom. The zero-order chi connectivity index (χ0) is 16.3. The molecule has 0 unspecified atom stereocenters. The van der Waals surface area contributed by atoms with Gasteiger partial charge in [0.1, 0.15) is 0 Å². The molecule has 0 aliphatic rings. The molecule has 1 amide bonds. The second-order valence-electron chi connectivity index (χ2n) is 5.23. The van der Waals surface area contributed by atoms with Crippen LogP contribution in [-0.2, 0) is 0 Å². The van der Waals surface area contributed by atoms with E-state index in [1.54, 1.807) is 11.9 Å². The van der Waals surface area contributed by atoms with E-state index in [1.165, 1.54) is 0 Å². The molecule has 0 aliphatic carbocycles. The highest BCUT2D eigenvalue weighted by molar-refractivity contribution is 6.30. The maximum absolute atomic E-state index is 12.5. The van der Waals surface area contributed by atoms with Gasteiger partial charge in [0.05, 0.1) is 18.1 Å². The molecule has 2 rings (SSSR count). The number of hydrogen-bond donors (Lipinski definition) is 0. The third-order valence-corrected chi connectivity index (χ3v) is 3.90. The summed E-state index contributed by atoms with van der Waals surface area (Å²) in [5.74, 6) is -0.0661. The monoisotopic (exact) mass is 315 g/mol. The van der Waals surface area contributed by atoms with Crippen LogP contribution in [0.3, 0.4) is 0 Å². The molecule has 1 aromatic carbocycles. The van der Waals surface area contributed by atoms with Crippen LogP contribution in [0.2, 0.25) is 5.02 Å². The molecule has 5 heteroatoms. The average Bonchev–Trinajstić information content (AvgIpc) is 2.80. The average molecular weight is 316 g/mol. The molecule has 0 atom stereocenters. The normalized spacial score (nSPS) is 10.3. The zero-order valence-electron chi connectivity index (χ0n) is 12.9. The molecule has 1 aromatic heterocycles. The fraction of sp³-hybridized carbons (Fsp3) is 0.294. The van der Waals surface area contributed by atoms with Crippen molar-refractivity contribution in [3.8, 4) is 11.8 Å². The maximum Gasteiger partial charge on any atom is 0.255 e. The Bertz CT molecular complexity index is 726. The van der Waals surface area contributed by atoms with Crippen molar-refractivity contribution >= 4 is 17.5 Å². The van der Waals surface area contributed by atoms with E-state index in [0.717, 1.165) is 17.1 Å². The lowest BCUT2D eigenvalue weighted by Gasteiger charge is -2.16. The molecule has 1 heterocycles. The van der Waals surface area contributed by atoms with Crippen molar-refractivity contribution in [2.24, 2.45) is 0 Å². The zero-order valence-corrected chi connectivity index (χ0v) is 13.7. The SMILES string of the molecule is Cc1cc(C(=O)N(C)CCC#N)c(C)n1-c1ccc(Cl)cc1. The Labute approximate surface area is 135 Å². The minimum atomic E-state index is -0.0661. The molecule has 22 heavy (non-hydrogen) atoms. The molecule has 0 N–H and O–H groups in total. The largest absolute Gasteiger partial charge is 0.341 e. The molecule has 2 aromatic rings. The summed E-state index contributed by atoms with van der Waals surface area (Å²) < 4.78 is 2.03. The van der Waals surface area contributed by atoms with Gasteiger partial charge in [-0.05, 0) is 44.2 Å². The lowest BCUT2D eigenvalue weighted by atomic mass is 10.2. The van der Waals surface area contributed by atoms with Crippen LogP contribution in [0.4, 0.5) is 0 Å². The summed E-state index contributed by atoms with van der Waals surface area (Å²) in [6, 6.07) is 11.5. The minimum Gasteiger partial charge on any atom is -0.341 e. The molecular formula is C17H18ClN3O. The number of halogens is 1. The van der Waals surface area contributed by atoms with Crippen LogP contribution in [0, 0.1) is 25.2 Å². The first-order valence-electron chi connectivity index (χ1n) is 7.03. The highest BCUT2D eigenvalue weighted by Gasteiger charge is 2.19. The van der Waals surface area contributed by atoms with Gasteiger partial charge in [-0.25, -0.2) is 0 Å². The van der Waals surface area contributed by atoms with Gasteiger partial charge in [-0.3, -0.25) is 4.79 Å². The van der Waals surface area contributed by atoms with E-state index in [9.17, 15) is 4.79 Å². The van der Waals surface area contributed by atoms with Crippen LogP contribution >= 0.6 is 11.6 Å². The Morgan fingerprint density at radius 2 is 1.95 bits per heavy atom. The van der Waals surface area contributed by atoms with Crippen LogP contribution < -0.4 is 0 Å². The number of carbonyl (C=O) groups excluding carboxylic acids is 1. The van der Waals surface area contributed by atoms with Crippen molar-refractivity contribution in [1.29, 1.82) is 5.26 Å². The third kappa shape index (κ3) is 3.15. The van der Waals surface area contributed by atoms with E-state index in [0.29, 0.717) is 23.6 Å². The summed E-state index contributed by atoms with van der Waals surface area (Å²) in [5.41, 5.74) is 3.50. The first-order valence-corrected chi connectivity index (χ1v) is 7.40. The van der Waals surface area contributed by atoms with Crippen molar-refractivity contribution in [2.75, 3.05) is 13.6 Å². The Morgan fingerprint density at radius 1 is 1.32 bits per heavy atom. The number of hydrogen-bond acceptors (Lipinski definition) is 2. The van der Waals surface area contributed by atoms with Crippen molar-refractivity contribution in [1.82, 2.24) is 9.47 Å². The summed E-state index contributed by atoms with van der Waals surface area (Å²) in [6.07, 6.45) is 0.332. The Kier molecular flexibility index (Phi) is 4.89. The van der Waals surface area contributed by atoms with E-state index in [2.05, 4.69) is 6.07 Å². The first-order chi connectivity index (χ1) is 10.5. The van der Waals surface area contributed by atoms with Crippen molar-refractivity contribution in [2.45, 2.75) is 20.3 Å². The van der Waals surface area contributed by atoms with Gasteiger partial charge in [0.15, 0.2) is 0 Å². The molecular weight excluding hydrogens is 298 g/mol. The van der Waals surface area contributed by atoms with E-state index in [-0.39, 0.29) is 5.91 Å². The summed E-state index contributed by atoms with van der Waals surface area (Å²) in [4.78, 5) is 14.1. The van der Waals surface area contributed by atoms with Gasteiger partial charge in [0, 0.05) is 35.7 Å². The van der Waals surface area contributed by atoms with Gasteiger partial charge in [-0.2, -0.15) is 5.26 Å². The molecule has 0 aliphatic heterocycles. The van der Waals surface area contributed by atoms with Gasteiger partial charge in [-0.1, -0.05) is 11.6 Å². The van der Waals surface area contributed by atoms with Crippen LogP contribution in [0.25, 0.3) is 5.69 Å². The lowest BCUT2D eigenvalue weighted by molar-refractivity contribution is 0.0797. The van der Waals surface area contributed by atoms with Gasteiger partial charge in [0.25, 0.3) is 5.91 Å². The number of nitrogens with zero attached hydrogens (tertiary/aromatic N) is 3. The lowest BCUT2D eigenvalue weighted by Crippen LogP contribution is -2.27. The third-order valence-electron chi connectivity index (χ3n) is 3.65. The number of amides is 1. The number of carbonyl (C=O) groups is 1. The summed E-state index contributed by atoms with van der Waals surface area (Å²) in [6.45, 7) is 4.32. The minimum absolute atomic E-state index is 0.0661. The van der Waals surface area contributed by atoms with E-state index >= 15 is 0 Å². The topological polar surface area (TPSA) is 49.0 Å².